The summed E-state index contributed by atoms with van der Waals surface area (Å²) < 4.78 is 61.3. The summed E-state index contributed by atoms with van der Waals surface area (Å²) in [6.07, 6.45) is 1.65. The van der Waals surface area contributed by atoms with Gasteiger partial charge in [0.25, 0.3) is 0 Å². The minimum atomic E-state index is -3.91. The number of halogens is 2. The van der Waals surface area contributed by atoms with E-state index < -0.39 is 26.5 Å². The number of hydrogen-bond donors (Lipinski definition) is 0. The molecule has 156 valence electrons. The molecule has 2 fully saturated rings. The quantitative estimate of drug-likeness (QED) is 0.685. The number of anilines is 2. The fraction of sp³-hybridized carbons (Fsp3) is 0.722. The summed E-state index contributed by atoms with van der Waals surface area (Å²) in [7, 11) is -3.91. The maximum atomic E-state index is 15.4. The van der Waals surface area contributed by atoms with E-state index in [0.717, 1.165) is 19.4 Å². The fourth-order valence-electron chi connectivity index (χ4n) is 4.20. The average Bonchev–Trinajstić information content (AvgIpc) is 3.19. The summed E-state index contributed by atoms with van der Waals surface area (Å²) in [5, 5.41) is 0. The largest absolute Gasteiger partial charge is 0.376 e. The Labute approximate surface area is 164 Å². The molecule has 3 aliphatic heterocycles. The van der Waals surface area contributed by atoms with Crippen molar-refractivity contribution in [2.75, 3.05) is 68.0 Å². The van der Waals surface area contributed by atoms with Gasteiger partial charge in [0.15, 0.2) is 21.5 Å². The zero-order valence-electron chi connectivity index (χ0n) is 16.0. The van der Waals surface area contributed by atoms with Gasteiger partial charge < -0.3 is 19.4 Å². The third-order valence-corrected chi connectivity index (χ3v) is 7.55. The molecule has 0 N–H and O–H groups in total. The third kappa shape index (κ3) is 3.57. The number of nitrogens with zero attached hydrogens (tertiary/aromatic N) is 4. The van der Waals surface area contributed by atoms with Crippen LogP contribution < -0.4 is 9.80 Å². The zero-order valence-corrected chi connectivity index (χ0v) is 16.8. The summed E-state index contributed by atoms with van der Waals surface area (Å²) >= 11 is 0. The van der Waals surface area contributed by atoms with E-state index in [4.69, 9.17) is 4.74 Å². The summed E-state index contributed by atoms with van der Waals surface area (Å²) in [6.45, 7) is 6.39. The Kier molecular flexibility index (Phi) is 5.45. The molecule has 10 heteroatoms. The SMILES string of the molecule is CCN1CCN(c2nc(F)c3c(c2F)S(=O)(=O)CCN3CC2CCCO2)CC1. The molecule has 1 aromatic heterocycles. The third-order valence-electron chi connectivity index (χ3n) is 5.83. The number of pyridine rings is 1. The van der Waals surface area contributed by atoms with E-state index in [1.807, 2.05) is 6.92 Å². The van der Waals surface area contributed by atoms with Crippen molar-refractivity contribution in [3.05, 3.63) is 11.8 Å². The van der Waals surface area contributed by atoms with Gasteiger partial charge in [-0.05, 0) is 19.4 Å². The van der Waals surface area contributed by atoms with Crippen LogP contribution in [0.2, 0.25) is 0 Å². The molecule has 1 unspecified atom stereocenters. The first-order valence-electron chi connectivity index (χ1n) is 9.86. The van der Waals surface area contributed by atoms with Crippen molar-refractivity contribution in [1.29, 1.82) is 0 Å². The van der Waals surface area contributed by atoms with E-state index in [2.05, 4.69) is 9.88 Å². The average molecular weight is 416 g/mol. The van der Waals surface area contributed by atoms with Crippen LogP contribution in [0.3, 0.4) is 0 Å². The first kappa shape index (κ1) is 19.8. The van der Waals surface area contributed by atoms with Crippen LogP contribution in [0.25, 0.3) is 0 Å². The predicted molar refractivity (Wildman–Crippen MR) is 102 cm³/mol. The van der Waals surface area contributed by atoms with E-state index in [-0.39, 0.29) is 29.9 Å². The van der Waals surface area contributed by atoms with E-state index in [0.29, 0.717) is 39.3 Å². The van der Waals surface area contributed by atoms with Gasteiger partial charge in [-0.25, -0.2) is 12.8 Å². The summed E-state index contributed by atoms with van der Waals surface area (Å²) in [6, 6.07) is 0. The van der Waals surface area contributed by atoms with Crippen molar-refractivity contribution in [3.8, 4) is 0 Å². The van der Waals surface area contributed by atoms with Crippen molar-refractivity contribution in [2.24, 2.45) is 0 Å². The number of sulfone groups is 1. The molecular formula is C18H26F2N4O3S. The molecule has 4 heterocycles. The maximum Gasteiger partial charge on any atom is 0.239 e. The monoisotopic (exact) mass is 416 g/mol. The highest BCUT2D eigenvalue weighted by atomic mass is 32.2. The molecule has 0 bridgehead atoms. The summed E-state index contributed by atoms with van der Waals surface area (Å²) in [5.41, 5.74) is -0.241. The predicted octanol–water partition coefficient (Wildman–Crippen LogP) is 1.27. The van der Waals surface area contributed by atoms with Gasteiger partial charge in [0.05, 0.1) is 11.9 Å². The topological polar surface area (TPSA) is 66.0 Å². The molecule has 1 atom stereocenters. The lowest BCUT2D eigenvalue weighted by atomic mass is 10.2. The fourth-order valence-corrected chi connectivity index (χ4v) is 5.74. The zero-order chi connectivity index (χ0) is 19.9. The molecule has 0 saturated carbocycles. The lowest BCUT2D eigenvalue weighted by Crippen LogP contribution is -2.47. The van der Waals surface area contributed by atoms with E-state index >= 15 is 8.78 Å². The Bertz CT molecular complexity index is 838. The molecule has 0 aliphatic carbocycles. The summed E-state index contributed by atoms with van der Waals surface area (Å²) in [4.78, 5) is 8.74. The Balaban J connectivity index is 1.70. The van der Waals surface area contributed by atoms with Crippen molar-refractivity contribution in [3.63, 3.8) is 0 Å². The maximum absolute atomic E-state index is 15.4. The Morgan fingerprint density at radius 1 is 1.18 bits per heavy atom. The van der Waals surface area contributed by atoms with Gasteiger partial charge in [-0.1, -0.05) is 6.92 Å². The molecule has 3 aliphatic rings. The Hall–Kier alpha value is -1.52. The van der Waals surface area contributed by atoms with Crippen LogP contribution in [0.4, 0.5) is 20.3 Å². The standard InChI is InChI=1S/C18H26F2N4O3S/c1-2-22-5-7-23(8-6-22)18-14(19)16-15(17(20)21-18)24(9-11-28(16,25)26)12-13-4-3-10-27-13/h13H,2-12H2,1H3. The smallest absolute Gasteiger partial charge is 0.239 e. The highest BCUT2D eigenvalue weighted by Gasteiger charge is 2.39. The second-order valence-electron chi connectivity index (χ2n) is 7.54. The van der Waals surface area contributed by atoms with Crippen LogP contribution >= 0.6 is 0 Å². The van der Waals surface area contributed by atoms with Gasteiger partial charge in [-0.15, -0.1) is 0 Å². The minimum absolute atomic E-state index is 0.0992. The number of likely N-dealkylation sites (N-methyl/N-ethyl adjacent to an activating group) is 1. The van der Waals surface area contributed by atoms with Gasteiger partial charge in [0.1, 0.15) is 10.6 Å². The molecule has 0 spiro atoms. The van der Waals surface area contributed by atoms with Crippen LogP contribution in [-0.2, 0) is 14.6 Å². The van der Waals surface area contributed by atoms with E-state index in [9.17, 15) is 8.42 Å². The Morgan fingerprint density at radius 3 is 2.57 bits per heavy atom. The van der Waals surface area contributed by atoms with Crippen LogP contribution in [0, 0.1) is 11.8 Å². The molecule has 0 aromatic carbocycles. The number of rotatable bonds is 4. The van der Waals surface area contributed by atoms with E-state index in [1.54, 1.807) is 9.80 Å². The minimum Gasteiger partial charge on any atom is -0.376 e. The number of piperazine rings is 1. The van der Waals surface area contributed by atoms with Gasteiger partial charge >= 0.3 is 0 Å². The molecule has 0 radical (unpaired) electrons. The highest BCUT2D eigenvalue weighted by molar-refractivity contribution is 7.91. The second-order valence-corrected chi connectivity index (χ2v) is 9.59. The number of ether oxygens (including phenoxy) is 1. The van der Waals surface area contributed by atoms with Crippen LogP contribution in [0.15, 0.2) is 4.90 Å². The molecule has 2 saturated heterocycles. The van der Waals surface area contributed by atoms with Crippen LogP contribution in [-0.4, -0.2) is 82.6 Å². The molecule has 4 rings (SSSR count). The van der Waals surface area contributed by atoms with Gasteiger partial charge in [-0.3, -0.25) is 0 Å². The van der Waals surface area contributed by atoms with Crippen molar-refractivity contribution < 1.29 is 21.9 Å². The van der Waals surface area contributed by atoms with Gasteiger partial charge in [0.2, 0.25) is 5.95 Å². The highest BCUT2D eigenvalue weighted by Crippen LogP contribution is 2.38. The van der Waals surface area contributed by atoms with Crippen molar-refractivity contribution in [1.82, 2.24) is 9.88 Å². The van der Waals surface area contributed by atoms with E-state index in [1.165, 1.54) is 0 Å². The van der Waals surface area contributed by atoms with Crippen LogP contribution in [0.1, 0.15) is 19.8 Å². The van der Waals surface area contributed by atoms with Crippen LogP contribution in [0.5, 0.6) is 0 Å². The first-order chi connectivity index (χ1) is 13.4. The summed E-state index contributed by atoms with van der Waals surface area (Å²) in [5.74, 6) is -2.30. The molecular weight excluding hydrogens is 390 g/mol. The van der Waals surface area contributed by atoms with Gasteiger partial charge in [0, 0.05) is 45.9 Å². The molecule has 28 heavy (non-hydrogen) atoms. The lowest BCUT2D eigenvalue weighted by molar-refractivity contribution is 0.115. The Morgan fingerprint density at radius 2 is 1.93 bits per heavy atom. The lowest BCUT2D eigenvalue weighted by Gasteiger charge is -2.37. The normalized spacial score (nSPS) is 25.2. The number of aromatic nitrogens is 1. The molecule has 1 aromatic rings. The first-order valence-corrected chi connectivity index (χ1v) is 11.5. The second kappa shape index (κ2) is 7.72. The number of fused-ring (bicyclic) bond motifs is 1. The number of hydrogen-bond acceptors (Lipinski definition) is 7. The van der Waals surface area contributed by atoms with Gasteiger partial charge in [-0.2, -0.15) is 9.37 Å². The molecule has 0 amide bonds. The van der Waals surface area contributed by atoms with Crippen molar-refractivity contribution in [2.45, 2.75) is 30.8 Å². The van der Waals surface area contributed by atoms with Crippen molar-refractivity contribution >= 4 is 21.3 Å². The molecule has 7 nitrogen and oxygen atoms in total.